The highest BCUT2D eigenvalue weighted by atomic mass is 16.5. The summed E-state index contributed by atoms with van der Waals surface area (Å²) >= 11 is 0. The number of carbonyl (C=O) groups excluding carboxylic acids is 1. The fraction of sp³-hybridized carbons (Fsp3) is 0.154. The van der Waals surface area contributed by atoms with Gasteiger partial charge < -0.3 is 23.7 Å². The Kier molecular flexibility index (Phi) is 6.04. The zero-order chi connectivity index (χ0) is 23.5. The summed E-state index contributed by atoms with van der Waals surface area (Å²) in [5.74, 6) is 0.971. The quantitative estimate of drug-likeness (QED) is 0.327. The second-order valence-corrected chi connectivity index (χ2v) is 7.34. The van der Waals surface area contributed by atoms with E-state index in [2.05, 4.69) is 0 Å². The minimum Gasteiger partial charge on any atom is -0.504 e. The number of Topliss-reactive ketones (excluding diaryl/α,β-unsaturated/α-hetero) is 1. The molecule has 7 heteroatoms. The summed E-state index contributed by atoms with van der Waals surface area (Å²) in [6.07, 6.45) is -0.147. The molecule has 0 saturated heterocycles. The van der Waals surface area contributed by atoms with Gasteiger partial charge in [0.2, 0.25) is 5.75 Å². The highest BCUT2D eigenvalue weighted by Gasteiger charge is 2.17. The lowest BCUT2D eigenvalue weighted by molar-refractivity contribution is 0.0992. The smallest absolute Gasteiger partial charge is 0.340 e. The Morgan fingerprint density at radius 2 is 1.76 bits per heavy atom. The van der Waals surface area contributed by atoms with Crippen LogP contribution in [0, 0.1) is 0 Å². The summed E-state index contributed by atoms with van der Waals surface area (Å²) < 4.78 is 21.3. The second kappa shape index (κ2) is 9.08. The molecule has 0 atom stereocenters. The molecule has 1 heterocycles. The van der Waals surface area contributed by atoms with Crippen LogP contribution in [-0.2, 0) is 6.42 Å². The first-order valence-corrected chi connectivity index (χ1v) is 10.1. The summed E-state index contributed by atoms with van der Waals surface area (Å²) in [6.45, 7) is 0. The molecule has 4 aromatic rings. The fourth-order valence-electron chi connectivity index (χ4n) is 3.68. The molecule has 0 amide bonds. The third-order valence-electron chi connectivity index (χ3n) is 5.37. The molecule has 0 fully saturated rings. The number of carbonyl (C=O) groups is 1. The molecule has 1 aromatic heterocycles. The van der Waals surface area contributed by atoms with Crippen molar-refractivity contribution in [2.45, 2.75) is 6.42 Å². The standard InChI is InChI=1S/C26H22O7/c1-30-19-6-4-5-15(12-19)20-13-16(8-10-23(20)31-2)22(28)14-18-11-17-7-9-21(27)25(32-3)24(17)33-26(18)29/h4-13,27H,14H2,1-3H3. The van der Waals surface area contributed by atoms with E-state index in [-0.39, 0.29) is 34.8 Å². The summed E-state index contributed by atoms with van der Waals surface area (Å²) in [6, 6.07) is 17.2. The number of ketones is 1. The van der Waals surface area contributed by atoms with Gasteiger partial charge in [0.1, 0.15) is 11.5 Å². The highest BCUT2D eigenvalue weighted by molar-refractivity contribution is 5.99. The Morgan fingerprint density at radius 3 is 2.48 bits per heavy atom. The normalized spacial score (nSPS) is 10.8. The van der Waals surface area contributed by atoms with E-state index in [4.69, 9.17) is 18.6 Å². The second-order valence-electron chi connectivity index (χ2n) is 7.34. The maximum absolute atomic E-state index is 13.1. The Hall–Kier alpha value is -4.26. The van der Waals surface area contributed by atoms with Gasteiger partial charge in [-0.2, -0.15) is 0 Å². The van der Waals surface area contributed by atoms with Crippen molar-refractivity contribution in [3.05, 3.63) is 82.2 Å². The first-order valence-electron chi connectivity index (χ1n) is 10.1. The van der Waals surface area contributed by atoms with Gasteiger partial charge in [-0.3, -0.25) is 4.79 Å². The number of benzene rings is 3. The molecule has 0 aliphatic heterocycles. The number of ether oxygens (including phenoxy) is 3. The average Bonchev–Trinajstić information content (AvgIpc) is 2.84. The van der Waals surface area contributed by atoms with Crippen molar-refractivity contribution >= 4 is 16.8 Å². The molecular formula is C26H22O7. The summed E-state index contributed by atoms with van der Waals surface area (Å²) in [5, 5.41) is 10.4. The van der Waals surface area contributed by atoms with Gasteiger partial charge in [0.05, 0.1) is 21.3 Å². The number of aromatic hydroxyl groups is 1. The maximum Gasteiger partial charge on any atom is 0.340 e. The first-order chi connectivity index (χ1) is 15.9. The minimum absolute atomic E-state index is 0.0700. The van der Waals surface area contributed by atoms with Crippen molar-refractivity contribution in [1.29, 1.82) is 0 Å². The van der Waals surface area contributed by atoms with E-state index in [1.54, 1.807) is 44.6 Å². The van der Waals surface area contributed by atoms with Gasteiger partial charge in [-0.05, 0) is 54.1 Å². The number of phenols is 1. The predicted molar refractivity (Wildman–Crippen MR) is 124 cm³/mol. The Bertz CT molecular complexity index is 1400. The molecule has 0 bridgehead atoms. The maximum atomic E-state index is 13.1. The molecule has 0 unspecified atom stereocenters. The van der Waals surface area contributed by atoms with E-state index in [0.717, 1.165) is 11.1 Å². The molecule has 0 saturated carbocycles. The molecule has 0 aliphatic rings. The van der Waals surface area contributed by atoms with Crippen LogP contribution in [0.5, 0.6) is 23.0 Å². The Labute approximate surface area is 189 Å². The van der Waals surface area contributed by atoms with Crippen LogP contribution in [0.4, 0.5) is 0 Å². The summed E-state index contributed by atoms with van der Waals surface area (Å²) in [4.78, 5) is 25.6. The third-order valence-corrected chi connectivity index (χ3v) is 5.37. The largest absolute Gasteiger partial charge is 0.504 e. The molecule has 4 rings (SSSR count). The lowest BCUT2D eigenvalue weighted by Gasteiger charge is -2.12. The van der Waals surface area contributed by atoms with E-state index in [1.807, 2.05) is 24.3 Å². The topological polar surface area (TPSA) is 95.2 Å². The van der Waals surface area contributed by atoms with E-state index in [9.17, 15) is 14.7 Å². The van der Waals surface area contributed by atoms with E-state index in [1.165, 1.54) is 13.2 Å². The van der Waals surface area contributed by atoms with Crippen LogP contribution < -0.4 is 19.8 Å². The van der Waals surface area contributed by atoms with Crippen LogP contribution in [0.3, 0.4) is 0 Å². The number of methoxy groups -OCH3 is 3. The predicted octanol–water partition coefficient (Wildman–Crippen LogP) is 4.62. The van der Waals surface area contributed by atoms with Crippen molar-refractivity contribution in [3.63, 3.8) is 0 Å². The molecule has 33 heavy (non-hydrogen) atoms. The van der Waals surface area contributed by atoms with Gasteiger partial charge in [-0.25, -0.2) is 4.79 Å². The van der Waals surface area contributed by atoms with Crippen molar-refractivity contribution in [2.75, 3.05) is 21.3 Å². The average molecular weight is 446 g/mol. The number of hydrogen-bond donors (Lipinski definition) is 1. The molecule has 3 aromatic carbocycles. The minimum atomic E-state index is -0.665. The fourth-order valence-corrected chi connectivity index (χ4v) is 3.68. The molecule has 0 radical (unpaired) electrons. The SMILES string of the molecule is COc1cccc(-c2cc(C(=O)Cc3cc4ccc(O)c(OC)c4oc3=O)ccc2OC)c1. The molecule has 168 valence electrons. The number of hydrogen-bond acceptors (Lipinski definition) is 7. The molecule has 0 aliphatic carbocycles. The van der Waals surface area contributed by atoms with Crippen molar-refractivity contribution < 1.29 is 28.5 Å². The van der Waals surface area contributed by atoms with Crippen molar-refractivity contribution in [1.82, 2.24) is 0 Å². The summed E-state index contributed by atoms with van der Waals surface area (Å²) in [7, 11) is 4.52. The van der Waals surface area contributed by atoms with Gasteiger partial charge in [0.25, 0.3) is 0 Å². The van der Waals surface area contributed by atoms with Crippen LogP contribution in [0.15, 0.2) is 69.9 Å². The van der Waals surface area contributed by atoms with E-state index >= 15 is 0 Å². The third kappa shape index (κ3) is 4.25. The molecule has 7 nitrogen and oxygen atoms in total. The van der Waals surface area contributed by atoms with Gasteiger partial charge in [0.15, 0.2) is 17.1 Å². The lowest BCUT2D eigenvalue weighted by atomic mass is 9.97. The zero-order valence-electron chi connectivity index (χ0n) is 18.4. The van der Waals surface area contributed by atoms with Crippen LogP contribution in [0.2, 0.25) is 0 Å². The molecular weight excluding hydrogens is 424 g/mol. The summed E-state index contributed by atoms with van der Waals surface area (Å²) in [5.41, 5.74) is 1.66. The zero-order valence-corrected chi connectivity index (χ0v) is 18.4. The van der Waals surface area contributed by atoms with Gasteiger partial charge in [-0.15, -0.1) is 0 Å². The monoisotopic (exact) mass is 446 g/mol. The molecule has 1 N–H and O–H groups in total. The van der Waals surface area contributed by atoms with Gasteiger partial charge >= 0.3 is 5.63 Å². The molecule has 0 spiro atoms. The highest BCUT2D eigenvalue weighted by Crippen LogP contribution is 2.35. The van der Waals surface area contributed by atoms with Gasteiger partial charge in [-0.1, -0.05) is 12.1 Å². The van der Waals surface area contributed by atoms with Crippen LogP contribution in [-0.4, -0.2) is 32.2 Å². The Morgan fingerprint density at radius 1 is 0.939 bits per heavy atom. The van der Waals surface area contributed by atoms with Crippen molar-refractivity contribution in [2.24, 2.45) is 0 Å². The number of phenolic OH excluding ortho intramolecular Hbond substituents is 1. The van der Waals surface area contributed by atoms with Gasteiger partial charge in [0, 0.05) is 28.5 Å². The van der Waals surface area contributed by atoms with Crippen LogP contribution >= 0.6 is 0 Å². The van der Waals surface area contributed by atoms with E-state index < -0.39 is 5.63 Å². The number of fused-ring (bicyclic) bond motifs is 1. The lowest BCUT2D eigenvalue weighted by Crippen LogP contribution is -2.13. The Balaban J connectivity index is 1.70. The van der Waals surface area contributed by atoms with Crippen LogP contribution in [0.1, 0.15) is 15.9 Å². The van der Waals surface area contributed by atoms with Crippen molar-refractivity contribution in [3.8, 4) is 34.1 Å². The van der Waals surface area contributed by atoms with E-state index in [0.29, 0.717) is 22.4 Å². The van der Waals surface area contributed by atoms with Crippen LogP contribution in [0.25, 0.3) is 22.1 Å². The first kappa shape index (κ1) is 22.0. The number of rotatable bonds is 7.